The summed E-state index contributed by atoms with van der Waals surface area (Å²) in [5.41, 5.74) is 6.54. The highest BCUT2D eigenvalue weighted by Crippen LogP contribution is 2.15. The van der Waals surface area contributed by atoms with Crippen LogP contribution in [-0.4, -0.2) is 48.6 Å². The van der Waals surface area contributed by atoms with Crippen LogP contribution in [0.2, 0.25) is 0 Å². The summed E-state index contributed by atoms with van der Waals surface area (Å²) in [5, 5.41) is 0. The third-order valence-electron chi connectivity index (χ3n) is 3.22. The van der Waals surface area contributed by atoms with Gasteiger partial charge < -0.3 is 15.4 Å². The predicted molar refractivity (Wildman–Crippen MR) is 76.1 cm³/mol. The van der Waals surface area contributed by atoms with Crippen molar-refractivity contribution >= 4 is 5.91 Å². The van der Waals surface area contributed by atoms with Crippen LogP contribution < -0.4 is 5.73 Å². The Labute approximate surface area is 119 Å². The molecule has 5 nitrogen and oxygen atoms in total. The molecule has 1 saturated heterocycles. The molecule has 1 amide bonds. The molecule has 1 atom stereocenters. The number of carbonyl (C=O) groups excluding carboxylic acids is 1. The summed E-state index contributed by atoms with van der Waals surface area (Å²) in [4.78, 5) is 18.1. The summed E-state index contributed by atoms with van der Waals surface area (Å²) in [6.07, 6.45) is 5.41. The largest absolute Gasteiger partial charge is 0.376 e. The van der Waals surface area contributed by atoms with Gasteiger partial charge in [-0.05, 0) is 18.9 Å². The molecule has 1 fully saturated rings. The van der Waals surface area contributed by atoms with E-state index in [0.29, 0.717) is 17.7 Å². The second-order valence-electron chi connectivity index (χ2n) is 4.75. The van der Waals surface area contributed by atoms with Crippen molar-refractivity contribution < 1.29 is 9.53 Å². The molecule has 0 aromatic carbocycles. The van der Waals surface area contributed by atoms with Gasteiger partial charge in [0, 0.05) is 32.6 Å². The number of pyridine rings is 1. The minimum Gasteiger partial charge on any atom is -0.376 e. The molecule has 1 aliphatic rings. The molecule has 2 N–H and O–H groups in total. The maximum Gasteiger partial charge on any atom is 0.255 e. The number of likely N-dealkylation sites (N-methyl/N-ethyl adjacent to an activating group) is 1. The number of carbonyl (C=O) groups is 1. The van der Waals surface area contributed by atoms with E-state index in [0.717, 1.165) is 19.4 Å². The van der Waals surface area contributed by atoms with E-state index in [1.165, 1.54) is 0 Å². The van der Waals surface area contributed by atoms with Crippen LogP contribution in [0.1, 0.15) is 28.8 Å². The summed E-state index contributed by atoms with van der Waals surface area (Å²) in [6.45, 7) is 1.65. The maximum atomic E-state index is 12.5. The normalized spacial score (nSPS) is 17.4. The molecule has 0 saturated carbocycles. The van der Waals surface area contributed by atoms with Crippen LogP contribution in [0.5, 0.6) is 0 Å². The SMILES string of the molecule is CN(CC1CCCO1)C(=O)c1ccncc1C#CCN. The average molecular weight is 273 g/mol. The van der Waals surface area contributed by atoms with Gasteiger partial charge in [0.2, 0.25) is 0 Å². The van der Waals surface area contributed by atoms with Gasteiger partial charge in [0.1, 0.15) is 0 Å². The molecule has 5 heteroatoms. The Morgan fingerprint density at radius 1 is 1.65 bits per heavy atom. The molecule has 0 radical (unpaired) electrons. The first-order chi connectivity index (χ1) is 9.72. The van der Waals surface area contributed by atoms with Gasteiger partial charge in [-0.25, -0.2) is 0 Å². The minimum absolute atomic E-state index is 0.0655. The number of hydrogen-bond donors (Lipinski definition) is 1. The van der Waals surface area contributed by atoms with Gasteiger partial charge in [0.15, 0.2) is 0 Å². The molecule has 2 heterocycles. The van der Waals surface area contributed by atoms with Crippen LogP contribution in [-0.2, 0) is 4.74 Å². The molecule has 1 aliphatic heterocycles. The number of ether oxygens (including phenoxy) is 1. The standard InChI is InChI=1S/C15H19N3O2/c1-18(11-13-5-3-9-20-13)15(19)14-6-8-17-10-12(14)4-2-7-16/h6,8,10,13H,3,5,7,9,11,16H2,1H3. The Hall–Kier alpha value is -1.90. The van der Waals surface area contributed by atoms with Crippen LogP contribution in [0.3, 0.4) is 0 Å². The number of hydrogen-bond acceptors (Lipinski definition) is 4. The second-order valence-corrected chi connectivity index (χ2v) is 4.75. The zero-order valence-electron chi connectivity index (χ0n) is 11.6. The molecule has 0 aliphatic carbocycles. The quantitative estimate of drug-likeness (QED) is 0.821. The van der Waals surface area contributed by atoms with Crippen molar-refractivity contribution in [1.82, 2.24) is 9.88 Å². The lowest BCUT2D eigenvalue weighted by Gasteiger charge is -2.21. The molecular weight excluding hydrogens is 254 g/mol. The van der Waals surface area contributed by atoms with Gasteiger partial charge in [0.25, 0.3) is 5.91 Å². The Kier molecular flexibility index (Phi) is 5.10. The monoisotopic (exact) mass is 273 g/mol. The fourth-order valence-corrected chi connectivity index (χ4v) is 2.21. The van der Waals surface area contributed by atoms with E-state index >= 15 is 0 Å². The molecule has 1 aromatic rings. The molecule has 106 valence electrons. The average Bonchev–Trinajstić information content (AvgIpc) is 2.97. The number of rotatable bonds is 3. The Balaban J connectivity index is 2.11. The first kappa shape index (κ1) is 14.5. The smallest absolute Gasteiger partial charge is 0.255 e. The zero-order valence-corrected chi connectivity index (χ0v) is 11.6. The summed E-state index contributed by atoms with van der Waals surface area (Å²) in [7, 11) is 1.78. The first-order valence-electron chi connectivity index (χ1n) is 6.72. The van der Waals surface area contributed by atoms with Gasteiger partial charge >= 0.3 is 0 Å². The van der Waals surface area contributed by atoms with E-state index in [-0.39, 0.29) is 18.6 Å². The van der Waals surface area contributed by atoms with Crippen molar-refractivity contribution in [2.45, 2.75) is 18.9 Å². The summed E-state index contributed by atoms with van der Waals surface area (Å²) in [6, 6.07) is 1.69. The molecule has 0 bridgehead atoms. The van der Waals surface area contributed by atoms with Gasteiger partial charge in [-0.15, -0.1) is 0 Å². The molecular formula is C15H19N3O2. The van der Waals surface area contributed by atoms with Crippen LogP contribution in [0, 0.1) is 11.8 Å². The summed E-state index contributed by atoms with van der Waals surface area (Å²) in [5.74, 6) is 5.57. The van der Waals surface area contributed by atoms with Crippen molar-refractivity contribution in [3.63, 3.8) is 0 Å². The van der Waals surface area contributed by atoms with E-state index in [2.05, 4.69) is 16.8 Å². The zero-order chi connectivity index (χ0) is 14.4. The Morgan fingerprint density at radius 2 is 2.50 bits per heavy atom. The van der Waals surface area contributed by atoms with Crippen molar-refractivity contribution in [1.29, 1.82) is 0 Å². The lowest BCUT2D eigenvalue weighted by Crippen LogP contribution is -2.34. The van der Waals surface area contributed by atoms with Gasteiger partial charge in [-0.3, -0.25) is 9.78 Å². The fourth-order valence-electron chi connectivity index (χ4n) is 2.21. The number of aromatic nitrogens is 1. The summed E-state index contributed by atoms with van der Waals surface area (Å²) < 4.78 is 5.55. The lowest BCUT2D eigenvalue weighted by atomic mass is 10.1. The molecule has 2 rings (SSSR count). The highest BCUT2D eigenvalue weighted by atomic mass is 16.5. The Bertz CT molecular complexity index is 527. The van der Waals surface area contributed by atoms with E-state index in [9.17, 15) is 4.79 Å². The Morgan fingerprint density at radius 3 is 3.20 bits per heavy atom. The number of nitrogens with two attached hydrogens (primary N) is 1. The minimum atomic E-state index is -0.0655. The van der Waals surface area contributed by atoms with Crippen molar-refractivity contribution in [2.24, 2.45) is 5.73 Å². The summed E-state index contributed by atoms with van der Waals surface area (Å²) >= 11 is 0. The highest BCUT2D eigenvalue weighted by molar-refractivity contribution is 5.96. The van der Waals surface area contributed by atoms with E-state index in [4.69, 9.17) is 10.5 Å². The number of amides is 1. The molecule has 1 unspecified atom stereocenters. The number of nitrogens with zero attached hydrogens (tertiary/aromatic N) is 2. The highest BCUT2D eigenvalue weighted by Gasteiger charge is 2.21. The van der Waals surface area contributed by atoms with Gasteiger partial charge in [-0.1, -0.05) is 11.8 Å². The predicted octanol–water partition coefficient (Wildman–Crippen LogP) is 0.643. The van der Waals surface area contributed by atoms with Crippen molar-refractivity contribution in [3.05, 3.63) is 29.6 Å². The van der Waals surface area contributed by atoms with Gasteiger partial charge in [0.05, 0.1) is 23.8 Å². The van der Waals surface area contributed by atoms with E-state index in [1.807, 2.05) is 0 Å². The third-order valence-corrected chi connectivity index (χ3v) is 3.22. The first-order valence-corrected chi connectivity index (χ1v) is 6.72. The third kappa shape index (κ3) is 3.56. The van der Waals surface area contributed by atoms with Crippen molar-refractivity contribution in [3.8, 4) is 11.8 Å². The van der Waals surface area contributed by atoms with E-state index < -0.39 is 0 Å². The van der Waals surface area contributed by atoms with Crippen LogP contribution in [0.25, 0.3) is 0 Å². The second kappa shape index (κ2) is 7.04. The molecule has 20 heavy (non-hydrogen) atoms. The fraction of sp³-hybridized carbons (Fsp3) is 0.467. The topological polar surface area (TPSA) is 68.5 Å². The van der Waals surface area contributed by atoms with Crippen molar-refractivity contribution in [2.75, 3.05) is 26.7 Å². The van der Waals surface area contributed by atoms with Crippen LogP contribution in [0.4, 0.5) is 0 Å². The molecule has 1 aromatic heterocycles. The van der Waals surface area contributed by atoms with Crippen LogP contribution >= 0.6 is 0 Å². The van der Waals surface area contributed by atoms with E-state index in [1.54, 1.807) is 30.4 Å². The maximum absolute atomic E-state index is 12.5. The lowest BCUT2D eigenvalue weighted by molar-refractivity contribution is 0.0587. The van der Waals surface area contributed by atoms with Gasteiger partial charge in [-0.2, -0.15) is 0 Å². The molecule has 0 spiro atoms. The van der Waals surface area contributed by atoms with Crippen LogP contribution in [0.15, 0.2) is 18.5 Å².